The fourth-order valence-corrected chi connectivity index (χ4v) is 2.32. The summed E-state index contributed by atoms with van der Waals surface area (Å²) in [6.45, 7) is 3.56. The maximum atomic E-state index is 13.1. The summed E-state index contributed by atoms with van der Waals surface area (Å²) in [5.74, 6) is -1.66. The normalized spacial score (nSPS) is 9.96. The Bertz CT molecular complexity index is 852. The van der Waals surface area contributed by atoms with E-state index in [9.17, 15) is 18.8 Å². The highest BCUT2D eigenvalue weighted by Gasteiger charge is 2.13. The third-order valence-corrected chi connectivity index (χ3v) is 3.55. The van der Waals surface area contributed by atoms with Crippen LogP contribution < -0.4 is 16.0 Å². The lowest BCUT2D eigenvalue weighted by atomic mass is 10.1. The van der Waals surface area contributed by atoms with Crippen LogP contribution in [-0.4, -0.2) is 30.8 Å². The van der Waals surface area contributed by atoms with Crippen molar-refractivity contribution in [3.05, 3.63) is 78.1 Å². The molecule has 0 aliphatic rings. The second kappa shape index (κ2) is 9.86. The Morgan fingerprint density at radius 2 is 1.78 bits per heavy atom. The fraction of sp³-hybridized carbons (Fsp3) is 0.150. The summed E-state index contributed by atoms with van der Waals surface area (Å²) in [7, 11) is 0. The Morgan fingerprint density at radius 1 is 1.00 bits per heavy atom. The van der Waals surface area contributed by atoms with Crippen molar-refractivity contribution < 1.29 is 18.8 Å². The molecule has 140 valence electrons. The van der Waals surface area contributed by atoms with E-state index < -0.39 is 17.6 Å². The van der Waals surface area contributed by atoms with Crippen molar-refractivity contribution in [1.82, 2.24) is 10.6 Å². The molecule has 0 unspecified atom stereocenters. The lowest BCUT2D eigenvalue weighted by Gasteiger charge is -2.11. The van der Waals surface area contributed by atoms with Crippen molar-refractivity contribution in [1.29, 1.82) is 0 Å². The standard InChI is InChI=1S/C20H20FN3O3/c1-2-10-22-20(27)16-8-3-4-9-17(16)24-19(26)13-23-18(25)12-14-6-5-7-15(21)11-14/h2-9,11H,1,10,12-13H2,(H,22,27)(H,23,25)(H,24,26). The number of hydrogen-bond acceptors (Lipinski definition) is 3. The lowest BCUT2D eigenvalue weighted by molar-refractivity contribution is -0.123. The number of rotatable bonds is 8. The van der Waals surface area contributed by atoms with Crippen LogP contribution in [0.3, 0.4) is 0 Å². The van der Waals surface area contributed by atoms with Crippen LogP contribution in [0.15, 0.2) is 61.2 Å². The molecule has 0 radical (unpaired) electrons. The molecule has 2 aromatic rings. The van der Waals surface area contributed by atoms with Crippen LogP contribution >= 0.6 is 0 Å². The van der Waals surface area contributed by atoms with Crippen LogP contribution in [0.1, 0.15) is 15.9 Å². The molecule has 0 atom stereocenters. The van der Waals surface area contributed by atoms with Gasteiger partial charge >= 0.3 is 0 Å². The van der Waals surface area contributed by atoms with Gasteiger partial charge in [-0.2, -0.15) is 0 Å². The van der Waals surface area contributed by atoms with E-state index in [1.165, 1.54) is 18.2 Å². The maximum Gasteiger partial charge on any atom is 0.253 e. The first-order chi connectivity index (χ1) is 13.0. The average Bonchev–Trinajstić information content (AvgIpc) is 2.65. The van der Waals surface area contributed by atoms with Crippen molar-refractivity contribution in [2.24, 2.45) is 0 Å². The Kier molecular flexibility index (Phi) is 7.25. The van der Waals surface area contributed by atoms with Crippen LogP contribution in [0, 0.1) is 5.82 Å². The number of benzene rings is 2. The van der Waals surface area contributed by atoms with Gasteiger partial charge in [0.25, 0.3) is 5.91 Å². The first-order valence-electron chi connectivity index (χ1n) is 8.28. The van der Waals surface area contributed by atoms with Crippen LogP contribution in [-0.2, 0) is 16.0 Å². The lowest BCUT2D eigenvalue weighted by Crippen LogP contribution is -2.34. The van der Waals surface area contributed by atoms with Gasteiger partial charge in [0.05, 0.1) is 24.2 Å². The van der Waals surface area contributed by atoms with Gasteiger partial charge in [-0.3, -0.25) is 14.4 Å². The zero-order valence-electron chi connectivity index (χ0n) is 14.6. The summed E-state index contributed by atoms with van der Waals surface area (Å²) in [5, 5.41) is 7.70. The first-order valence-corrected chi connectivity index (χ1v) is 8.28. The summed E-state index contributed by atoms with van der Waals surface area (Å²) in [5.41, 5.74) is 1.15. The molecule has 0 aliphatic carbocycles. The van der Waals surface area contributed by atoms with Gasteiger partial charge in [-0.15, -0.1) is 6.58 Å². The monoisotopic (exact) mass is 369 g/mol. The van der Waals surface area contributed by atoms with Crippen molar-refractivity contribution >= 4 is 23.4 Å². The molecule has 0 saturated carbocycles. The Labute approximate surface area is 156 Å². The second-order valence-corrected chi connectivity index (χ2v) is 5.68. The highest BCUT2D eigenvalue weighted by Crippen LogP contribution is 2.14. The molecule has 2 rings (SSSR count). The molecule has 0 saturated heterocycles. The van der Waals surface area contributed by atoms with Crippen molar-refractivity contribution in [2.45, 2.75) is 6.42 Å². The molecule has 6 nitrogen and oxygen atoms in total. The van der Waals surface area contributed by atoms with Crippen LogP contribution in [0.25, 0.3) is 0 Å². The number of halogens is 1. The van der Waals surface area contributed by atoms with Crippen molar-refractivity contribution in [3.63, 3.8) is 0 Å². The van der Waals surface area contributed by atoms with E-state index >= 15 is 0 Å². The van der Waals surface area contributed by atoms with E-state index in [1.807, 2.05) is 0 Å². The fourth-order valence-electron chi connectivity index (χ4n) is 2.32. The van der Waals surface area contributed by atoms with Gasteiger partial charge in [0, 0.05) is 6.54 Å². The molecule has 0 heterocycles. The molecule has 27 heavy (non-hydrogen) atoms. The highest BCUT2D eigenvalue weighted by molar-refractivity contribution is 6.04. The summed E-state index contributed by atoms with van der Waals surface area (Å²) in [4.78, 5) is 36.1. The van der Waals surface area contributed by atoms with Gasteiger partial charge in [-0.25, -0.2) is 4.39 Å². The maximum absolute atomic E-state index is 13.1. The molecule has 3 amide bonds. The van der Waals surface area contributed by atoms with Gasteiger partial charge in [0.2, 0.25) is 11.8 Å². The zero-order valence-corrected chi connectivity index (χ0v) is 14.6. The van der Waals surface area contributed by atoms with Gasteiger partial charge in [-0.05, 0) is 29.8 Å². The molecule has 7 heteroatoms. The third-order valence-electron chi connectivity index (χ3n) is 3.55. The SMILES string of the molecule is C=CCNC(=O)c1ccccc1NC(=O)CNC(=O)Cc1cccc(F)c1. The minimum Gasteiger partial charge on any atom is -0.349 e. The highest BCUT2D eigenvalue weighted by atomic mass is 19.1. The summed E-state index contributed by atoms with van der Waals surface area (Å²) in [6.07, 6.45) is 1.51. The van der Waals surface area contributed by atoms with E-state index in [0.717, 1.165) is 0 Å². The number of para-hydroxylation sites is 1. The zero-order chi connectivity index (χ0) is 19.6. The molecular weight excluding hydrogens is 349 g/mol. The molecule has 3 N–H and O–H groups in total. The Hall–Kier alpha value is -3.48. The number of carbonyl (C=O) groups is 3. The number of amides is 3. The van der Waals surface area contributed by atoms with E-state index in [2.05, 4.69) is 22.5 Å². The molecule has 0 aromatic heterocycles. The first kappa shape index (κ1) is 19.8. The minimum absolute atomic E-state index is 0.0361. The largest absolute Gasteiger partial charge is 0.349 e. The van der Waals surface area contributed by atoms with Crippen LogP contribution in [0.4, 0.5) is 10.1 Å². The van der Waals surface area contributed by atoms with Crippen molar-refractivity contribution in [3.8, 4) is 0 Å². The Balaban J connectivity index is 1.89. The molecule has 0 bridgehead atoms. The Morgan fingerprint density at radius 3 is 2.52 bits per heavy atom. The molecule has 0 fully saturated rings. The third kappa shape index (κ3) is 6.39. The number of anilines is 1. The van der Waals surface area contributed by atoms with Crippen LogP contribution in [0.2, 0.25) is 0 Å². The van der Waals surface area contributed by atoms with E-state index in [-0.39, 0.29) is 18.9 Å². The number of nitrogens with one attached hydrogen (secondary N) is 3. The molecule has 0 aliphatic heterocycles. The van der Waals surface area contributed by atoms with E-state index in [1.54, 1.807) is 36.4 Å². The van der Waals surface area contributed by atoms with Gasteiger partial charge < -0.3 is 16.0 Å². The number of carbonyl (C=O) groups excluding carboxylic acids is 3. The van der Waals surface area contributed by atoms with E-state index in [4.69, 9.17) is 0 Å². The molecule has 0 spiro atoms. The minimum atomic E-state index is -0.480. The summed E-state index contributed by atoms with van der Waals surface area (Å²) >= 11 is 0. The van der Waals surface area contributed by atoms with Crippen LogP contribution in [0.5, 0.6) is 0 Å². The second-order valence-electron chi connectivity index (χ2n) is 5.68. The number of hydrogen-bond donors (Lipinski definition) is 3. The summed E-state index contributed by atoms with van der Waals surface area (Å²) in [6, 6.07) is 12.2. The van der Waals surface area contributed by atoms with Gasteiger partial charge in [0.1, 0.15) is 5.82 Å². The van der Waals surface area contributed by atoms with Gasteiger partial charge in [-0.1, -0.05) is 30.3 Å². The smallest absolute Gasteiger partial charge is 0.253 e. The molecular formula is C20H20FN3O3. The van der Waals surface area contributed by atoms with Gasteiger partial charge in [0.15, 0.2) is 0 Å². The predicted octanol–water partition coefficient (Wildman–Crippen LogP) is 2.04. The quantitative estimate of drug-likeness (QED) is 0.623. The predicted molar refractivity (Wildman–Crippen MR) is 101 cm³/mol. The topological polar surface area (TPSA) is 87.3 Å². The molecule has 2 aromatic carbocycles. The summed E-state index contributed by atoms with van der Waals surface area (Å²) < 4.78 is 13.1. The van der Waals surface area contributed by atoms with E-state index in [0.29, 0.717) is 23.4 Å². The van der Waals surface area contributed by atoms with Crippen molar-refractivity contribution in [2.75, 3.05) is 18.4 Å². The average molecular weight is 369 g/mol.